The summed E-state index contributed by atoms with van der Waals surface area (Å²) in [6, 6.07) is 11.1. The van der Waals surface area contributed by atoms with E-state index in [0.29, 0.717) is 5.92 Å². The van der Waals surface area contributed by atoms with Crippen LogP contribution in [0.4, 0.5) is 0 Å². The average molecular weight is 286 g/mol. The molecule has 0 saturated heterocycles. The predicted octanol–water partition coefficient (Wildman–Crippen LogP) is 6.33. The molecule has 0 heterocycles. The van der Waals surface area contributed by atoms with Crippen LogP contribution in [-0.2, 0) is 5.41 Å². The zero-order valence-electron chi connectivity index (χ0n) is 13.3. The first kappa shape index (κ1) is 15.4. The molecule has 0 saturated carbocycles. The normalized spacial score (nSPS) is 13.7. The summed E-state index contributed by atoms with van der Waals surface area (Å²) in [5.74, 6) is 0.588. The van der Waals surface area contributed by atoms with Gasteiger partial charge in [0.15, 0.2) is 0 Å². The van der Waals surface area contributed by atoms with E-state index in [1.165, 1.54) is 34.7 Å². The van der Waals surface area contributed by atoms with Crippen LogP contribution in [0.3, 0.4) is 0 Å². The lowest BCUT2D eigenvalue weighted by atomic mass is 9.80. The molecule has 0 aromatic heterocycles. The molecule has 0 fully saturated rings. The van der Waals surface area contributed by atoms with E-state index >= 15 is 0 Å². The highest BCUT2D eigenvalue weighted by atomic mass is 32.1. The van der Waals surface area contributed by atoms with Crippen molar-refractivity contribution >= 4 is 23.4 Å². The van der Waals surface area contributed by atoms with Crippen LogP contribution in [0.25, 0.3) is 10.8 Å². The van der Waals surface area contributed by atoms with Crippen LogP contribution in [0, 0.1) is 0 Å². The Kier molecular flexibility index (Phi) is 4.49. The van der Waals surface area contributed by atoms with E-state index in [-0.39, 0.29) is 5.41 Å². The van der Waals surface area contributed by atoms with E-state index in [1.807, 2.05) is 0 Å². The predicted molar refractivity (Wildman–Crippen MR) is 93.2 cm³/mol. The average Bonchev–Trinajstić information content (AvgIpc) is 2.36. The van der Waals surface area contributed by atoms with Gasteiger partial charge in [-0.05, 0) is 45.7 Å². The highest BCUT2D eigenvalue weighted by Crippen LogP contribution is 2.39. The van der Waals surface area contributed by atoms with E-state index in [2.05, 4.69) is 65.0 Å². The lowest BCUT2D eigenvalue weighted by Crippen LogP contribution is -2.14. The maximum absolute atomic E-state index is 4.80. The fourth-order valence-electron chi connectivity index (χ4n) is 3.17. The molecule has 2 aromatic carbocycles. The Balaban J connectivity index is 2.76. The highest BCUT2D eigenvalue weighted by Gasteiger charge is 2.22. The van der Waals surface area contributed by atoms with Gasteiger partial charge in [-0.25, -0.2) is 0 Å². The Bertz CT molecular complexity index is 605. The minimum absolute atomic E-state index is 0.114. The molecule has 108 valence electrons. The Morgan fingerprint density at radius 3 is 2.25 bits per heavy atom. The number of fused-ring (bicyclic) bond motifs is 1. The number of hydrogen-bond acceptors (Lipinski definition) is 1. The van der Waals surface area contributed by atoms with Gasteiger partial charge in [-0.15, -0.1) is 12.6 Å². The maximum atomic E-state index is 4.80. The molecule has 1 atom stereocenters. The van der Waals surface area contributed by atoms with Gasteiger partial charge in [0.25, 0.3) is 0 Å². The van der Waals surface area contributed by atoms with Gasteiger partial charge in [-0.2, -0.15) is 0 Å². The van der Waals surface area contributed by atoms with Gasteiger partial charge in [-0.1, -0.05) is 65.3 Å². The molecular weight excluding hydrogens is 260 g/mol. The largest absolute Gasteiger partial charge is 0.143 e. The molecule has 0 bridgehead atoms. The van der Waals surface area contributed by atoms with Crippen LogP contribution in [0.15, 0.2) is 35.2 Å². The molecule has 0 aliphatic carbocycles. The van der Waals surface area contributed by atoms with E-state index in [1.54, 1.807) is 0 Å². The van der Waals surface area contributed by atoms with Crippen molar-refractivity contribution in [3.05, 3.63) is 41.5 Å². The summed E-state index contributed by atoms with van der Waals surface area (Å²) in [5.41, 5.74) is 2.92. The molecule has 2 aromatic rings. The third-order valence-electron chi connectivity index (χ3n) is 4.06. The second-order valence-electron chi connectivity index (χ2n) is 6.85. The lowest BCUT2D eigenvalue weighted by molar-refractivity contribution is 0.583. The third-order valence-corrected chi connectivity index (χ3v) is 4.41. The Hall–Kier alpha value is -0.950. The minimum atomic E-state index is 0.114. The summed E-state index contributed by atoms with van der Waals surface area (Å²) in [4.78, 5) is 1.13. The van der Waals surface area contributed by atoms with E-state index in [9.17, 15) is 0 Å². The first-order valence-corrected chi connectivity index (χ1v) is 8.06. The smallest absolute Gasteiger partial charge is 0.00866 e. The van der Waals surface area contributed by atoms with E-state index in [4.69, 9.17) is 12.6 Å². The Morgan fingerprint density at radius 1 is 1.10 bits per heavy atom. The van der Waals surface area contributed by atoms with Crippen LogP contribution < -0.4 is 0 Å². The summed E-state index contributed by atoms with van der Waals surface area (Å²) in [7, 11) is 0. The van der Waals surface area contributed by atoms with Crippen LogP contribution in [-0.4, -0.2) is 0 Å². The molecule has 20 heavy (non-hydrogen) atoms. The Labute approximate surface area is 129 Å². The third kappa shape index (κ3) is 2.88. The van der Waals surface area contributed by atoms with Crippen molar-refractivity contribution in [2.45, 2.75) is 63.7 Å². The standard InChI is InChI=1S/C19H26S/c1-6-9-13(2)16-12-17(20)18(19(3,4)5)15-11-8-7-10-14(15)16/h7-8,10-13,20H,6,9H2,1-5H3. The first-order chi connectivity index (χ1) is 9.36. The van der Waals surface area contributed by atoms with Crippen molar-refractivity contribution in [1.29, 1.82) is 0 Å². The summed E-state index contributed by atoms with van der Waals surface area (Å²) in [5, 5.41) is 2.77. The molecule has 0 N–H and O–H groups in total. The Morgan fingerprint density at radius 2 is 1.70 bits per heavy atom. The molecule has 0 nitrogen and oxygen atoms in total. The number of hydrogen-bond donors (Lipinski definition) is 1. The molecule has 2 rings (SSSR count). The fraction of sp³-hybridized carbons (Fsp3) is 0.474. The number of rotatable bonds is 3. The molecule has 1 heteroatoms. The summed E-state index contributed by atoms with van der Waals surface area (Å²) < 4.78 is 0. The minimum Gasteiger partial charge on any atom is -0.143 e. The zero-order chi connectivity index (χ0) is 14.9. The molecule has 0 aliphatic heterocycles. The zero-order valence-corrected chi connectivity index (χ0v) is 14.2. The quantitative estimate of drug-likeness (QED) is 0.626. The maximum Gasteiger partial charge on any atom is 0.00866 e. The van der Waals surface area contributed by atoms with Crippen molar-refractivity contribution in [1.82, 2.24) is 0 Å². The molecule has 0 radical (unpaired) electrons. The monoisotopic (exact) mass is 286 g/mol. The lowest BCUT2D eigenvalue weighted by Gasteiger charge is -2.26. The van der Waals surface area contributed by atoms with Gasteiger partial charge in [0, 0.05) is 4.90 Å². The summed E-state index contributed by atoms with van der Waals surface area (Å²) >= 11 is 4.80. The highest BCUT2D eigenvalue weighted by molar-refractivity contribution is 7.80. The van der Waals surface area contributed by atoms with Crippen LogP contribution >= 0.6 is 12.6 Å². The van der Waals surface area contributed by atoms with Gasteiger partial charge in [0.05, 0.1) is 0 Å². The van der Waals surface area contributed by atoms with Crippen molar-refractivity contribution in [2.75, 3.05) is 0 Å². The van der Waals surface area contributed by atoms with Gasteiger partial charge < -0.3 is 0 Å². The van der Waals surface area contributed by atoms with Crippen molar-refractivity contribution < 1.29 is 0 Å². The van der Waals surface area contributed by atoms with Crippen molar-refractivity contribution in [3.8, 4) is 0 Å². The second-order valence-corrected chi connectivity index (χ2v) is 7.33. The van der Waals surface area contributed by atoms with Gasteiger partial charge in [-0.3, -0.25) is 0 Å². The molecule has 0 aliphatic rings. The molecule has 0 spiro atoms. The summed E-state index contributed by atoms with van der Waals surface area (Å²) in [6.45, 7) is 11.4. The van der Waals surface area contributed by atoms with Crippen LogP contribution in [0.1, 0.15) is 64.5 Å². The molecule has 1 unspecified atom stereocenters. The number of thiol groups is 1. The van der Waals surface area contributed by atoms with Crippen molar-refractivity contribution in [2.24, 2.45) is 0 Å². The van der Waals surface area contributed by atoms with Crippen LogP contribution in [0.5, 0.6) is 0 Å². The molecule has 0 amide bonds. The van der Waals surface area contributed by atoms with Gasteiger partial charge in [0.2, 0.25) is 0 Å². The fourth-order valence-corrected chi connectivity index (χ4v) is 3.77. The second kappa shape index (κ2) is 5.81. The first-order valence-electron chi connectivity index (χ1n) is 7.61. The van der Waals surface area contributed by atoms with Gasteiger partial charge >= 0.3 is 0 Å². The van der Waals surface area contributed by atoms with Gasteiger partial charge in [0.1, 0.15) is 0 Å². The summed E-state index contributed by atoms with van der Waals surface area (Å²) in [6.07, 6.45) is 2.45. The molecular formula is C19H26S. The van der Waals surface area contributed by atoms with E-state index < -0.39 is 0 Å². The SMILES string of the molecule is CCCC(C)c1cc(S)c(C(C)(C)C)c2ccccc12. The topological polar surface area (TPSA) is 0 Å². The van der Waals surface area contributed by atoms with Crippen LogP contribution in [0.2, 0.25) is 0 Å². The van der Waals surface area contributed by atoms with Crippen molar-refractivity contribution in [3.63, 3.8) is 0 Å². The number of benzene rings is 2. The van der Waals surface area contributed by atoms with E-state index in [0.717, 1.165) is 4.90 Å².